The van der Waals surface area contributed by atoms with E-state index in [1.54, 1.807) is 12.5 Å². The van der Waals surface area contributed by atoms with Gasteiger partial charge in [-0.2, -0.15) is 0 Å². The van der Waals surface area contributed by atoms with Gasteiger partial charge in [-0.25, -0.2) is 4.98 Å². The Morgan fingerprint density at radius 1 is 1.44 bits per heavy atom. The molecule has 0 bridgehead atoms. The van der Waals surface area contributed by atoms with Crippen LogP contribution in [0.1, 0.15) is 11.7 Å². The molecule has 1 fully saturated rings. The van der Waals surface area contributed by atoms with E-state index in [1.165, 1.54) is 0 Å². The fourth-order valence-electron chi connectivity index (χ4n) is 2.11. The van der Waals surface area contributed by atoms with Crippen molar-refractivity contribution in [2.45, 2.75) is 6.10 Å². The number of rotatable bonds is 2. The van der Waals surface area contributed by atoms with Gasteiger partial charge in [0.2, 0.25) is 0 Å². The standard InChI is InChI=1S/C13H14ClN3O/c14-11-7-10(13-8-15-4-6-18-13)1-2-12(11)17-5-3-16-9-17/h1-3,5,7,9,13,15H,4,6,8H2. The Hall–Kier alpha value is -1.36. The van der Waals surface area contributed by atoms with Crippen LogP contribution in [0.3, 0.4) is 0 Å². The third-order valence-corrected chi connectivity index (χ3v) is 3.36. The fourth-order valence-corrected chi connectivity index (χ4v) is 2.40. The van der Waals surface area contributed by atoms with Crippen LogP contribution in [0.5, 0.6) is 0 Å². The lowest BCUT2D eigenvalue weighted by Crippen LogP contribution is -2.33. The average molecular weight is 264 g/mol. The molecule has 18 heavy (non-hydrogen) atoms. The number of hydrogen-bond donors (Lipinski definition) is 1. The van der Waals surface area contributed by atoms with Crippen LogP contribution in [-0.2, 0) is 4.74 Å². The number of aromatic nitrogens is 2. The van der Waals surface area contributed by atoms with Crippen LogP contribution in [0.15, 0.2) is 36.9 Å². The van der Waals surface area contributed by atoms with Crippen LogP contribution in [0, 0.1) is 0 Å². The van der Waals surface area contributed by atoms with Gasteiger partial charge in [-0.05, 0) is 17.7 Å². The second kappa shape index (κ2) is 5.10. The van der Waals surface area contributed by atoms with E-state index in [0.717, 1.165) is 30.9 Å². The third kappa shape index (κ3) is 2.27. The van der Waals surface area contributed by atoms with E-state index in [0.29, 0.717) is 5.02 Å². The molecule has 0 saturated carbocycles. The molecule has 1 saturated heterocycles. The molecule has 2 heterocycles. The molecule has 0 amide bonds. The van der Waals surface area contributed by atoms with Crippen LogP contribution < -0.4 is 5.32 Å². The average Bonchev–Trinajstić information content (AvgIpc) is 2.93. The molecule has 1 aliphatic rings. The molecule has 1 aliphatic heterocycles. The second-order valence-electron chi connectivity index (χ2n) is 4.24. The molecular formula is C13H14ClN3O. The first kappa shape index (κ1) is 11.7. The Bertz CT molecular complexity index is 521. The van der Waals surface area contributed by atoms with E-state index in [2.05, 4.69) is 16.4 Å². The minimum Gasteiger partial charge on any atom is -0.371 e. The Morgan fingerprint density at radius 3 is 3.06 bits per heavy atom. The Kier molecular flexibility index (Phi) is 3.32. The first-order valence-electron chi connectivity index (χ1n) is 5.95. The largest absolute Gasteiger partial charge is 0.371 e. The number of benzene rings is 1. The van der Waals surface area contributed by atoms with Crippen molar-refractivity contribution < 1.29 is 4.74 Å². The van der Waals surface area contributed by atoms with Crippen molar-refractivity contribution in [2.75, 3.05) is 19.7 Å². The van der Waals surface area contributed by atoms with E-state index < -0.39 is 0 Å². The molecule has 4 nitrogen and oxygen atoms in total. The summed E-state index contributed by atoms with van der Waals surface area (Å²) in [5, 5.41) is 4.02. The van der Waals surface area contributed by atoms with Crippen molar-refractivity contribution in [1.82, 2.24) is 14.9 Å². The molecule has 2 aromatic rings. The smallest absolute Gasteiger partial charge is 0.0992 e. The summed E-state index contributed by atoms with van der Waals surface area (Å²) < 4.78 is 7.60. The molecular weight excluding hydrogens is 250 g/mol. The first-order chi connectivity index (χ1) is 8.84. The van der Waals surface area contributed by atoms with Crippen molar-refractivity contribution in [3.8, 4) is 5.69 Å². The first-order valence-corrected chi connectivity index (χ1v) is 6.32. The maximum absolute atomic E-state index is 6.32. The van der Waals surface area contributed by atoms with Gasteiger partial charge in [0, 0.05) is 25.5 Å². The molecule has 3 rings (SSSR count). The molecule has 0 aliphatic carbocycles. The van der Waals surface area contributed by atoms with E-state index in [9.17, 15) is 0 Å². The number of halogens is 1. The van der Waals surface area contributed by atoms with Gasteiger partial charge in [0.1, 0.15) is 0 Å². The highest BCUT2D eigenvalue weighted by molar-refractivity contribution is 6.32. The van der Waals surface area contributed by atoms with E-state index >= 15 is 0 Å². The number of ether oxygens (including phenoxy) is 1. The zero-order chi connectivity index (χ0) is 12.4. The molecule has 0 spiro atoms. The minimum atomic E-state index is 0.0908. The number of hydrogen-bond acceptors (Lipinski definition) is 3. The summed E-state index contributed by atoms with van der Waals surface area (Å²) in [5.74, 6) is 0. The van der Waals surface area contributed by atoms with Crippen LogP contribution in [0.25, 0.3) is 5.69 Å². The molecule has 1 atom stereocenters. The van der Waals surface area contributed by atoms with Crippen molar-refractivity contribution in [2.24, 2.45) is 0 Å². The highest BCUT2D eigenvalue weighted by Crippen LogP contribution is 2.26. The van der Waals surface area contributed by atoms with Crippen LogP contribution in [0.4, 0.5) is 0 Å². The normalized spacial score (nSPS) is 19.9. The van der Waals surface area contributed by atoms with E-state index in [1.807, 2.05) is 22.9 Å². The topological polar surface area (TPSA) is 39.1 Å². The number of imidazole rings is 1. The fraction of sp³-hybridized carbons (Fsp3) is 0.308. The second-order valence-corrected chi connectivity index (χ2v) is 4.65. The maximum atomic E-state index is 6.32. The van der Waals surface area contributed by atoms with Gasteiger partial charge >= 0.3 is 0 Å². The zero-order valence-electron chi connectivity index (χ0n) is 9.84. The molecule has 94 valence electrons. The number of nitrogens with zero attached hydrogens (tertiary/aromatic N) is 2. The van der Waals surface area contributed by atoms with Crippen molar-refractivity contribution in [1.29, 1.82) is 0 Å². The Labute approximate surface area is 111 Å². The van der Waals surface area contributed by atoms with Crippen molar-refractivity contribution in [3.05, 3.63) is 47.5 Å². The lowest BCUT2D eigenvalue weighted by atomic mass is 10.1. The molecule has 1 aromatic carbocycles. The molecule has 1 N–H and O–H groups in total. The summed E-state index contributed by atoms with van der Waals surface area (Å²) in [6, 6.07) is 6.02. The molecule has 5 heteroatoms. The van der Waals surface area contributed by atoms with Gasteiger partial charge in [-0.15, -0.1) is 0 Å². The summed E-state index contributed by atoms with van der Waals surface area (Å²) in [6.45, 7) is 2.49. The monoisotopic (exact) mass is 263 g/mol. The Balaban J connectivity index is 1.89. The third-order valence-electron chi connectivity index (χ3n) is 3.05. The summed E-state index contributed by atoms with van der Waals surface area (Å²) in [7, 11) is 0. The molecule has 1 aromatic heterocycles. The van der Waals surface area contributed by atoms with Crippen molar-refractivity contribution >= 4 is 11.6 Å². The Morgan fingerprint density at radius 2 is 2.39 bits per heavy atom. The van der Waals surface area contributed by atoms with Crippen LogP contribution in [0.2, 0.25) is 5.02 Å². The van der Waals surface area contributed by atoms with Gasteiger partial charge in [0.15, 0.2) is 0 Å². The van der Waals surface area contributed by atoms with Crippen molar-refractivity contribution in [3.63, 3.8) is 0 Å². The van der Waals surface area contributed by atoms with Gasteiger partial charge in [-0.1, -0.05) is 17.7 Å². The number of morpholine rings is 1. The highest BCUT2D eigenvalue weighted by Gasteiger charge is 2.16. The summed E-state index contributed by atoms with van der Waals surface area (Å²) in [4.78, 5) is 4.02. The van der Waals surface area contributed by atoms with Gasteiger partial charge in [0.25, 0.3) is 0 Å². The lowest BCUT2D eigenvalue weighted by molar-refractivity contribution is 0.0277. The minimum absolute atomic E-state index is 0.0908. The summed E-state index contributed by atoms with van der Waals surface area (Å²) in [5.41, 5.74) is 2.04. The predicted molar refractivity (Wildman–Crippen MR) is 70.1 cm³/mol. The SMILES string of the molecule is Clc1cc(C2CNCCO2)ccc1-n1ccnc1. The van der Waals surface area contributed by atoms with Crippen LogP contribution >= 0.6 is 11.6 Å². The number of nitrogens with one attached hydrogen (secondary N) is 1. The lowest BCUT2D eigenvalue weighted by Gasteiger charge is -2.24. The van der Waals surface area contributed by atoms with Crippen LogP contribution in [-0.4, -0.2) is 29.2 Å². The quantitative estimate of drug-likeness (QED) is 0.903. The summed E-state index contributed by atoms with van der Waals surface area (Å²) >= 11 is 6.32. The summed E-state index contributed by atoms with van der Waals surface area (Å²) in [6.07, 6.45) is 5.44. The molecule has 0 radical (unpaired) electrons. The van der Waals surface area contributed by atoms with E-state index in [4.69, 9.17) is 16.3 Å². The zero-order valence-corrected chi connectivity index (χ0v) is 10.6. The van der Waals surface area contributed by atoms with Gasteiger partial charge in [0.05, 0.1) is 29.7 Å². The van der Waals surface area contributed by atoms with E-state index in [-0.39, 0.29) is 6.10 Å². The highest BCUT2D eigenvalue weighted by atomic mass is 35.5. The van der Waals surface area contributed by atoms with Gasteiger partial charge < -0.3 is 14.6 Å². The maximum Gasteiger partial charge on any atom is 0.0992 e. The predicted octanol–water partition coefficient (Wildman–Crippen LogP) is 2.19. The molecule has 1 unspecified atom stereocenters. The van der Waals surface area contributed by atoms with Gasteiger partial charge in [-0.3, -0.25) is 0 Å².